The van der Waals surface area contributed by atoms with Crippen LogP contribution in [-0.2, 0) is 20.4 Å². The van der Waals surface area contributed by atoms with Gasteiger partial charge >= 0.3 is 0 Å². The molecule has 10 nitrogen and oxygen atoms in total. The summed E-state index contributed by atoms with van der Waals surface area (Å²) in [4.78, 5) is 15.0. The van der Waals surface area contributed by atoms with Gasteiger partial charge in [0.15, 0.2) is 4.90 Å². The number of nitro benzene ring substituents is 1. The molecule has 1 aliphatic rings. The average molecular weight is 814 g/mol. The van der Waals surface area contributed by atoms with Gasteiger partial charge in [-0.25, -0.2) is 13.1 Å². The third kappa shape index (κ3) is 8.35. The highest BCUT2D eigenvalue weighted by Gasteiger charge is 2.51. The molecule has 0 radical (unpaired) electrons. The van der Waals surface area contributed by atoms with E-state index in [-0.39, 0.29) is 48.7 Å². The van der Waals surface area contributed by atoms with Crippen molar-refractivity contribution in [2.24, 2.45) is 0 Å². The summed E-state index contributed by atoms with van der Waals surface area (Å²) in [6, 6.07) is 43.2. The maximum atomic E-state index is 13.7. The second-order valence-electron chi connectivity index (χ2n) is 13.7. The highest BCUT2D eigenvalue weighted by atomic mass is 79.9. The van der Waals surface area contributed by atoms with Gasteiger partial charge in [-0.2, -0.15) is 0 Å². The summed E-state index contributed by atoms with van der Waals surface area (Å²) in [5.41, 5.74) is 2.45. The van der Waals surface area contributed by atoms with Gasteiger partial charge in [-0.05, 0) is 61.0 Å². The fourth-order valence-electron chi connectivity index (χ4n) is 7.62. The molecule has 0 saturated carbocycles. The number of nitro groups is 1. The molecular weight excluding hydrogens is 768 g/mol. The van der Waals surface area contributed by atoms with Crippen LogP contribution in [0.3, 0.4) is 0 Å². The Morgan fingerprint density at radius 3 is 1.85 bits per heavy atom. The van der Waals surface area contributed by atoms with Crippen LogP contribution in [0.4, 0.5) is 5.69 Å². The summed E-state index contributed by atoms with van der Waals surface area (Å²) in [6.45, 7) is 0.779. The van der Waals surface area contributed by atoms with Crippen LogP contribution in [0, 0.1) is 10.1 Å². The number of nitrogens with one attached hydrogen (secondary N) is 1. The van der Waals surface area contributed by atoms with E-state index >= 15 is 0 Å². The zero-order valence-corrected chi connectivity index (χ0v) is 32.6. The molecule has 0 aliphatic carbocycles. The van der Waals surface area contributed by atoms with Crippen LogP contribution in [0.1, 0.15) is 34.6 Å². The standard InChI is InChI=1S/C42H45BrN4O6S/c1-45(2)36(29-48)26-27-46-38(28-44-54(51,52)40-21-13-12-20-37(40)47(49)50)41(31-22-24-35(43)25-23-31)39(46)30-53-42(32-14-6-3-7-15-32,33-16-8-4-9-17-33)34-18-10-5-11-19-34/h3-25,36,38-39,41,44,48H,26-30H2,1-2H3/t36?,38-,39+,41+/m0/s1. The molecule has 1 saturated heterocycles. The SMILES string of the molecule is CN(C)C(CO)CCN1[C@H](COC(c2ccccc2)(c2ccccc2)c2ccccc2)[C@H](c2ccc(Br)cc2)[C@@H]1CNS(=O)(=O)c1ccccc1[N+](=O)[O-]. The van der Waals surface area contributed by atoms with Gasteiger partial charge in [0.25, 0.3) is 5.69 Å². The van der Waals surface area contributed by atoms with E-state index in [2.05, 4.69) is 62.0 Å². The molecule has 5 aromatic carbocycles. The van der Waals surface area contributed by atoms with Crippen LogP contribution < -0.4 is 4.72 Å². The zero-order chi connectivity index (χ0) is 38.3. The van der Waals surface area contributed by atoms with E-state index < -0.39 is 26.2 Å². The second kappa shape index (κ2) is 17.5. The molecule has 12 heteroatoms. The van der Waals surface area contributed by atoms with Gasteiger partial charge in [-0.15, -0.1) is 0 Å². The molecule has 0 bridgehead atoms. The first-order chi connectivity index (χ1) is 26.1. The number of rotatable bonds is 17. The van der Waals surface area contributed by atoms with Crippen LogP contribution in [0.5, 0.6) is 0 Å². The van der Waals surface area contributed by atoms with Crippen LogP contribution in [0.25, 0.3) is 0 Å². The molecule has 0 amide bonds. The van der Waals surface area contributed by atoms with Gasteiger partial charge in [0.05, 0.1) is 18.1 Å². The van der Waals surface area contributed by atoms with Crippen molar-refractivity contribution >= 4 is 31.6 Å². The third-order valence-corrected chi connectivity index (χ3v) is 12.4. The molecule has 1 aliphatic heterocycles. The van der Waals surface area contributed by atoms with Gasteiger partial charge in [0, 0.05) is 47.7 Å². The van der Waals surface area contributed by atoms with E-state index in [1.54, 1.807) is 0 Å². The number of ether oxygens (including phenoxy) is 1. The fraction of sp³-hybridized carbons (Fsp3) is 0.286. The van der Waals surface area contributed by atoms with Crippen molar-refractivity contribution in [1.29, 1.82) is 0 Å². The molecule has 54 heavy (non-hydrogen) atoms. The lowest BCUT2D eigenvalue weighted by molar-refractivity contribution is -0.387. The smallest absolute Gasteiger partial charge is 0.289 e. The van der Waals surface area contributed by atoms with Crippen molar-refractivity contribution in [3.63, 3.8) is 0 Å². The Morgan fingerprint density at radius 2 is 1.35 bits per heavy atom. The Morgan fingerprint density at radius 1 is 0.833 bits per heavy atom. The summed E-state index contributed by atoms with van der Waals surface area (Å²) in [5, 5.41) is 22.0. The predicted molar refractivity (Wildman–Crippen MR) is 214 cm³/mol. The van der Waals surface area contributed by atoms with Crippen LogP contribution >= 0.6 is 15.9 Å². The second-order valence-corrected chi connectivity index (χ2v) is 16.4. The van der Waals surface area contributed by atoms with Crippen molar-refractivity contribution in [1.82, 2.24) is 14.5 Å². The van der Waals surface area contributed by atoms with Crippen molar-refractivity contribution in [2.75, 3.05) is 40.4 Å². The molecule has 5 aromatic rings. The molecule has 4 atom stereocenters. The molecule has 1 fully saturated rings. The monoisotopic (exact) mass is 812 g/mol. The molecule has 6 rings (SSSR count). The number of aliphatic hydroxyl groups is 1. The number of aliphatic hydroxyl groups excluding tert-OH is 1. The van der Waals surface area contributed by atoms with Gasteiger partial charge < -0.3 is 14.7 Å². The number of para-hydroxylation sites is 1. The van der Waals surface area contributed by atoms with Crippen molar-refractivity contribution in [3.05, 3.63) is 176 Å². The number of sulfonamides is 1. The summed E-state index contributed by atoms with van der Waals surface area (Å²) >= 11 is 3.56. The fourth-order valence-corrected chi connectivity index (χ4v) is 9.10. The first-order valence-corrected chi connectivity index (χ1v) is 20.2. The van der Waals surface area contributed by atoms with Crippen molar-refractivity contribution in [3.8, 4) is 0 Å². The minimum atomic E-state index is -4.26. The quantitative estimate of drug-likeness (QED) is 0.0598. The van der Waals surface area contributed by atoms with E-state index in [9.17, 15) is 23.6 Å². The predicted octanol–water partition coefficient (Wildman–Crippen LogP) is 6.79. The number of benzene rings is 5. The summed E-state index contributed by atoms with van der Waals surface area (Å²) < 4.78 is 38.4. The van der Waals surface area contributed by atoms with E-state index in [1.807, 2.05) is 97.9 Å². The zero-order valence-electron chi connectivity index (χ0n) is 30.2. The van der Waals surface area contributed by atoms with Crippen LogP contribution in [0.15, 0.2) is 149 Å². The maximum Gasteiger partial charge on any atom is 0.289 e. The summed E-state index contributed by atoms with van der Waals surface area (Å²) in [6.07, 6.45) is 0.613. The molecule has 2 N–H and O–H groups in total. The molecule has 0 aromatic heterocycles. The highest BCUT2D eigenvalue weighted by molar-refractivity contribution is 9.10. The molecular formula is C42H45BrN4O6S. The van der Waals surface area contributed by atoms with Gasteiger partial charge in [0.2, 0.25) is 10.0 Å². The third-order valence-electron chi connectivity index (χ3n) is 10.4. The number of halogens is 1. The Hall–Kier alpha value is -4.27. The van der Waals surface area contributed by atoms with E-state index in [1.165, 1.54) is 24.3 Å². The average Bonchev–Trinajstić information content (AvgIpc) is 3.19. The lowest BCUT2D eigenvalue weighted by atomic mass is 9.74. The first-order valence-electron chi connectivity index (χ1n) is 17.9. The van der Waals surface area contributed by atoms with Gasteiger partial charge in [-0.3, -0.25) is 15.0 Å². The van der Waals surface area contributed by atoms with E-state index in [0.717, 1.165) is 26.7 Å². The molecule has 282 valence electrons. The largest absolute Gasteiger partial charge is 0.395 e. The van der Waals surface area contributed by atoms with E-state index in [4.69, 9.17) is 4.74 Å². The van der Waals surface area contributed by atoms with Gasteiger partial charge in [-0.1, -0.05) is 131 Å². The minimum absolute atomic E-state index is 0.00142. The van der Waals surface area contributed by atoms with Crippen LogP contribution in [0.2, 0.25) is 0 Å². The summed E-state index contributed by atoms with van der Waals surface area (Å²) in [7, 11) is -0.408. The Balaban J connectivity index is 1.41. The number of likely N-dealkylation sites (N-methyl/N-ethyl adjacent to an activating group) is 1. The Labute approximate surface area is 325 Å². The number of nitrogens with zero attached hydrogens (tertiary/aromatic N) is 3. The lowest BCUT2D eigenvalue weighted by Crippen LogP contribution is -2.67. The van der Waals surface area contributed by atoms with Crippen LogP contribution in [-0.4, -0.2) is 86.8 Å². The first kappa shape index (κ1) is 39.4. The number of hydrogen-bond donors (Lipinski definition) is 2. The molecule has 1 heterocycles. The topological polar surface area (TPSA) is 125 Å². The highest BCUT2D eigenvalue weighted by Crippen LogP contribution is 2.45. The Bertz CT molecular complexity index is 1990. The number of likely N-dealkylation sites (tertiary alicyclic amines) is 1. The maximum absolute atomic E-state index is 13.7. The minimum Gasteiger partial charge on any atom is -0.395 e. The lowest BCUT2D eigenvalue weighted by Gasteiger charge is -2.56. The van der Waals surface area contributed by atoms with Crippen molar-refractivity contribution < 1.29 is 23.2 Å². The molecule has 1 unspecified atom stereocenters. The Kier molecular flexibility index (Phi) is 12.7. The molecule has 0 spiro atoms. The van der Waals surface area contributed by atoms with Crippen molar-refractivity contribution in [2.45, 2.75) is 41.0 Å². The summed E-state index contributed by atoms with van der Waals surface area (Å²) in [5.74, 6) is -0.182. The van der Waals surface area contributed by atoms with E-state index in [0.29, 0.717) is 13.0 Å². The number of hydrogen-bond acceptors (Lipinski definition) is 8. The van der Waals surface area contributed by atoms with Gasteiger partial charge in [0.1, 0.15) is 5.60 Å². The normalized spacial score (nSPS) is 18.3.